The number of nitrogens with zero attached hydrogens (tertiary/aromatic N) is 2. The lowest BCUT2D eigenvalue weighted by Gasteiger charge is -2.29. The lowest BCUT2D eigenvalue weighted by Crippen LogP contribution is -2.43. The van der Waals surface area contributed by atoms with Crippen LogP contribution in [-0.2, 0) is 9.53 Å². The van der Waals surface area contributed by atoms with Crippen molar-refractivity contribution in [1.29, 1.82) is 0 Å². The third-order valence-corrected chi connectivity index (χ3v) is 4.99. The highest BCUT2D eigenvalue weighted by atomic mass is 16.6. The Morgan fingerprint density at radius 2 is 1.85 bits per heavy atom. The number of amides is 1. The highest BCUT2D eigenvalue weighted by Gasteiger charge is 2.41. The number of benzene rings is 2. The number of nitro groups is 1. The molecule has 0 radical (unpaired) electrons. The molecule has 0 aromatic heterocycles. The van der Waals surface area contributed by atoms with Crippen LogP contribution in [0.4, 0.5) is 5.69 Å². The van der Waals surface area contributed by atoms with Gasteiger partial charge in [0.2, 0.25) is 0 Å². The second-order valence-electron chi connectivity index (χ2n) is 6.44. The molecule has 1 aliphatic heterocycles. The van der Waals surface area contributed by atoms with Gasteiger partial charge in [-0.2, -0.15) is 0 Å². The van der Waals surface area contributed by atoms with Gasteiger partial charge in [0.05, 0.1) is 18.1 Å². The molecule has 1 aliphatic rings. The third-order valence-electron chi connectivity index (χ3n) is 4.99. The molecule has 3 rings (SSSR count). The lowest BCUT2D eigenvalue weighted by molar-refractivity contribution is -0.384. The van der Waals surface area contributed by atoms with Gasteiger partial charge in [-0.1, -0.05) is 19.1 Å². The summed E-state index contributed by atoms with van der Waals surface area (Å²) in [6.07, 6.45) is 0.464. The van der Waals surface area contributed by atoms with E-state index in [-0.39, 0.29) is 17.6 Å². The van der Waals surface area contributed by atoms with Crippen molar-refractivity contribution in [3.05, 3.63) is 63.7 Å². The normalized spacial score (nSPS) is 16.8. The van der Waals surface area contributed by atoms with Gasteiger partial charge in [0, 0.05) is 17.7 Å². The number of methoxy groups -OCH3 is 1. The Kier molecular flexibility index (Phi) is 4.94. The van der Waals surface area contributed by atoms with Gasteiger partial charge in [-0.05, 0) is 48.2 Å². The van der Waals surface area contributed by atoms with Gasteiger partial charge in [0.25, 0.3) is 11.6 Å². The van der Waals surface area contributed by atoms with Crippen molar-refractivity contribution in [3.8, 4) is 11.1 Å². The SMILES string of the molecule is CCC(C(=O)OC)N1C(=O)c2cc(-c3ccc([N+](=O)[O-])cc3)ccc2C1C. The predicted molar refractivity (Wildman–Crippen MR) is 99.2 cm³/mol. The Morgan fingerprint density at radius 1 is 1.22 bits per heavy atom. The maximum Gasteiger partial charge on any atom is 0.328 e. The first-order chi connectivity index (χ1) is 12.9. The van der Waals surface area contributed by atoms with E-state index in [1.807, 2.05) is 26.0 Å². The van der Waals surface area contributed by atoms with Crippen LogP contribution in [0.5, 0.6) is 0 Å². The minimum absolute atomic E-state index is 0.0136. The molecule has 140 valence electrons. The Balaban J connectivity index is 1.96. The number of hydrogen-bond acceptors (Lipinski definition) is 5. The Labute approximate surface area is 156 Å². The van der Waals surface area contributed by atoms with E-state index in [9.17, 15) is 19.7 Å². The average molecular weight is 368 g/mol. The fourth-order valence-corrected chi connectivity index (χ4v) is 3.55. The summed E-state index contributed by atoms with van der Waals surface area (Å²) in [4.78, 5) is 37.0. The number of carbonyl (C=O) groups excluding carboxylic acids is 2. The zero-order valence-electron chi connectivity index (χ0n) is 15.3. The van der Waals surface area contributed by atoms with E-state index in [0.29, 0.717) is 12.0 Å². The number of nitro benzene ring substituents is 1. The molecule has 2 atom stereocenters. The van der Waals surface area contributed by atoms with Crippen molar-refractivity contribution in [1.82, 2.24) is 4.90 Å². The Morgan fingerprint density at radius 3 is 2.41 bits per heavy atom. The zero-order chi connectivity index (χ0) is 19.7. The third kappa shape index (κ3) is 3.16. The van der Waals surface area contributed by atoms with Gasteiger partial charge in [-0.3, -0.25) is 14.9 Å². The van der Waals surface area contributed by atoms with Crippen LogP contribution in [0.1, 0.15) is 42.2 Å². The summed E-state index contributed by atoms with van der Waals surface area (Å²) in [6, 6.07) is 10.8. The summed E-state index contributed by atoms with van der Waals surface area (Å²) in [6.45, 7) is 3.73. The standard InChI is InChI=1S/C20H20N2O5/c1-4-18(20(24)27-3)21-12(2)16-10-7-14(11-17(16)19(21)23)13-5-8-15(9-6-13)22(25)26/h5-12,18H,4H2,1-3H3. The number of ether oxygens (including phenoxy) is 1. The molecule has 2 aromatic carbocycles. The van der Waals surface area contributed by atoms with Crippen molar-refractivity contribution in [2.24, 2.45) is 0 Å². The minimum atomic E-state index is -0.632. The Hall–Kier alpha value is -3.22. The fraction of sp³-hybridized carbons (Fsp3) is 0.300. The molecule has 0 saturated heterocycles. The van der Waals surface area contributed by atoms with E-state index in [2.05, 4.69) is 0 Å². The first-order valence-corrected chi connectivity index (χ1v) is 8.68. The molecular formula is C20H20N2O5. The van der Waals surface area contributed by atoms with Gasteiger partial charge in [0.15, 0.2) is 0 Å². The summed E-state index contributed by atoms with van der Waals surface area (Å²) in [5.74, 6) is -0.639. The van der Waals surface area contributed by atoms with Crippen LogP contribution in [0.3, 0.4) is 0 Å². The van der Waals surface area contributed by atoms with E-state index in [1.165, 1.54) is 19.2 Å². The smallest absolute Gasteiger partial charge is 0.328 e. The number of hydrogen-bond donors (Lipinski definition) is 0. The van der Waals surface area contributed by atoms with Crippen LogP contribution in [-0.4, -0.2) is 34.9 Å². The van der Waals surface area contributed by atoms with Crippen LogP contribution in [0, 0.1) is 10.1 Å². The molecule has 7 heteroatoms. The van der Waals surface area contributed by atoms with E-state index < -0.39 is 16.9 Å². The quantitative estimate of drug-likeness (QED) is 0.456. The van der Waals surface area contributed by atoms with Gasteiger partial charge in [0.1, 0.15) is 6.04 Å². The van der Waals surface area contributed by atoms with E-state index in [1.54, 1.807) is 23.1 Å². The van der Waals surface area contributed by atoms with Gasteiger partial charge in [-0.15, -0.1) is 0 Å². The first-order valence-electron chi connectivity index (χ1n) is 8.68. The van der Waals surface area contributed by atoms with Crippen LogP contribution in [0.25, 0.3) is 11.1 Å². The highest BCUT2D eigenvalue weighted by molar-refractivity contribution is 6.02. The number of esters is 1. The van der Waals surface area contributed by atoms with E-state index in [4.69, 9.17) is 4.74 Å². The molecule has 0 N–H and O–H groups in total. The number of rotatable bonds is 5. The van der Waals surface area contributed by atoms with Crippen molar-refractivity contribution < 1.29 is 19.2 Å². The maximum atomic E-state index is 13.0. The zero-order valence-corrected chi connectivity index (χ0v) is 15.3. The predicted octanol–water partition coefficient (Wildman–Crippen LogP) is 3.73. The second-order valence-corrected chi connectivity index (χ2v) is 6.44. The summed E-state index contributed by atoms with van der Waals surface area (Å²) in [5, 5.41) is 10.8. The monoisotopic (exact) mass is 368 g/mol. The Bertz CT molecular complexity index is 907. The molecule has 7 nitrogen and oxygen atoms in total. The molecule has 0 fully saturated rings. The molecule has 0 bridgehead atoms. The lowest BCUT2D eigenvalue weighted by atomic mass is 9.98. The van der Waals surface area contributed by atoms with E-state index >= 15 is 0 Å². The highest BCUT2D eigenvalue weighted by Crippen LogP contribution is 2.38. The molecule has 2 unspecified atom stereocenters. The average Bonchev–Trinajstić information content (AvgIpc) is 2.93. The molecule has 0 spiro atoms. The molecule has 0 saturated carbocycles. The summed E-state index contributed by atoms with van der Waals surface area (Å²) < 4.78 is 4.85. The topological polar surface area (TPSA) is 89.8 Å². The molecule has 1 heterocycles. The largest absolute Gasteiger partial charge is 0.467 e. The molecule has 27 heavy (non-hydrogen) atoms. The molecular weight excluding hydrogens is 348 g/mol. The van der Waals surface area contributed by atoms with Crippen LogP contribution in [0.15, 0.2) is 42.5 Å². The van der Waals surface area contributed by atoms with Crippen molar-refractivity contribution in [2.75, 3.05) is 7.11 Å². The number of carbonyl (C=O) groups is 2. The molecule has 2 aromatic rings. The van der Waals surface area contributed by atoms with Crippen LogP contribution < -0.4 is 0 Å². The van der Waals surface area contributed by atoms with Gasteiger partial charge >= 0.3 is 5.97 Å². The number of non-ortho nitro benzene ring substituents is 1. The fourth-order valence-electron chi connectivity index (χ4n) is 3.55. The molecule has 1 amide bonds. The summed E-state index contributed by atoms with van der Waals surface area (Å²) in [7, 11) is 1.32. The summed E-state index contributed by atoms with van der Waals surface area (Å²) in [5.41, 5.74) is 2.98. The van der Waals surface area contributed by atoms with Crippen molar-refractivity contribution in [3.63, 3.8) is 0 Å². The van der Waals surface area contributed by atoms with Crippen molar-refractivity contribution >= 4 is 17.6 Å². The first kappa shape index (κ1) is 18.6. The number of fused-ring (bicyclic) bond motifs is 1. The summed E-state index contributed by atoms with van der Waals surface area (Å²) >= 11 is 0. The van der Waals surface area contributed by atoms with Gasteiger partial charge in [-0.25, -0.2) is 4.79 Å². The van der Waals surface area contributed by atoms with Crippen LogP contribution in [0.2, 0.25) is 0 Å². The second kappa shape index (κ2) is 7.19. The van der Waals surface area contributed by atoms with Crippen LogP contribution >= 0.6 is 0 Å². The maximum absolute atomic E-state index is 13.0. The van der Waals surface area contributed by atoms with E-state index in [0.717, 1.165) is 16.7 Å². The van der Waals surface area contributed by atoms with Crippen molar-refractivity contribution in [2.45, 2.75) is 32.4 Å². The minimum Gasteiger partial charge on any atom is -0.467 e. The van der Waals surface area contributed by atoms with Gasteiger partial charge < -0.3 is 9.64 Å². The molecule has 0 aliphatic carbocycles.